The summed E-state index contributed by atoms with van der Waals surface area (Å²) >= 11 is 0. The van der Waals surface area contributed by atoms with E-state index in [1.807, 2.05) is 10.9 Å². The zero-order chi connectivity index (χ0) is 37.8. The Bertz CT molecular complexity index is 1320. The van der Waals surface area contributed by atoms with Gasteiger partial charge in [-0.15, -0.1) is 0 Å². The molecule has 2 aliphatic rings. The molecule has 0 aromatic heterocycles. The number of rotatable bonds is 12. The summed E-state index contributed by atoms with van der Waals surface area (Å²) in [5, 5.41) is 1.63. The van der Waals surface area contributed by atoms with Crippen LogP contribution in [0.1, 0.15) is 67.2 Å². The predicted octanol–water partition coefficient (Wildman–Crippen LogP) is -0.919. The van der Waals surface area contributed by atoms with Gasteiger partial charge in [0.15, 0.2) is 0 Å². The van der Waals surface area contributed by atoms with Crippen molar-refractivity contribution in [2.75, 3.05) is 26.2 Å². The summed E-state index contributed by atoms with van der Waals surface area (Å²) < 4.78 is 10.1. The second kappa shape index (κ2) is 17.5. The molecule has 274 valence electrons. The van der Waals surface area contributed by atoms with Gasteiger partial charge in [-0.05, 0) is 41.5 Å². The molecule has 0 unspecified atom stereocenters. The van der Waals surface area contributed by atoms with Crippen LogP contribution in [0.25, 0.3) is 0 Å². The second-order valence-corrected chi connectivity index (χ2v) is 12.7. The number of carbonyl (C=O) groups excluding carboxylic acids is 10. The molecular formula is C30H42N8O12. The van der Waals surface area contributed by atoms with Gasteiger partial charge in [0.1, 0.15) is 11.2 Å². The van der Waals surface area contributed by atoms with Crippen LogP contribution in [0.5, 0.6) is 0 Å². The Hall–Kier alpha value is -5.82. The standard InChI is InChI=1S/C30H42N8O12/c1-29(2,3)49-27(47)33-31-19(39)11-17-37(25(45)13-15-35-21(41)7-8-22(35)42)38(26(46)14-16-36-23(43)9-10-24(36)44)18-12-20(40)32-34-28(48)50-30(4,5)6/h7-10H,11-18H2,1-6H3,(H,31,39)(H,32,40)(H,33,47)(H,34,48). The molecule has 0 aliphatic carbocycles. The summed E-state index contributed by atoms with van der Waals surface area (Å²) in [5.41, 5.74) is 6.56. The fraction of sp³-hybridized carbons (Fsp3) is 0.533. The number of hydrogen-bond donors (Lipinski definition) is 4. The average molecular weight is 707 g/mol. The largest absolute Gasteiger partial charge is 0.443 e. The minimum Gasteiger partial charge on any atom is -0.443 e. The molecule has 2 rings (SSSR count). The molecule has 0 fully saturated rings. The molecule has 2 aliphatic heterocycles. The molecular weight excluding hydrogens is 664 g/mol. The van der Waals surface area contributed by atoms with Crippen LogP contribution in [0.15, 0.2) is 24.3 Å². The lowest BCUT2D eigenvalue weighted by Gasteiger charge is -2.35. The number of nitrogens with one attached hydrogen (secondary N) is 4. The van der Waals surface area contributed by atoms with Gasteiger partial charge < -0.3 is 9.47 Å². The van der Waals surface area contributed by atoms with Crippen LogP contribution < -0.4 is 21.7 Å². The van der Waals surface area contributed by atoms with Gasteiger partial charge in [0.2, 0.25) is 23.6 Å². The molecule has 4 N–H and O–H groups in total. The number of nitrogens with zero attached hydrogens (tertiary/aromatic N) is 4. The van der Waals surface area contributed by atoms with E-state index in [1.54, 1.807) is 41.5 Å². The van der Waals surface area contributed by atoms with Crippen molar-refractivity contribution >= 4 is 59.4 Å². The molecule has 0 aromatic carbocycles. The normalized spacial score (nSPS) is 14.0. The van der Waals surface area contributed by atoms with Gasteiger partial charge in [-0.3, -0.25) is 69.0 Å². The van der Waals surface area contributed by atoms with Crippen LogP contribution in [0.2, 0.25) is 0 Å². The quantitative estimate of drug-likeness (QED) is 0.142. The molecule has 0 radical (unpaired) electrons. The van der Waals surface area contributed by atoms with Gasteiger partial charge in [-0.2, -0.15) is 0 Å². The van der Waals surface area contributed by atoms with E-state index in [0.717, 1.165) is 44.1 Å². The van der Waals surface area contributed by atoms with Crippen LogP contribution in [0, 0.1) is 0 Å². The zero-order valence-corrected chi connectivity index (χ0v) is 28.7. The number of imide groups is 2. The molecule has 0 atom stereocenters. The van der Waals surface area contributed by atoms with E-state index in [9.17, 15) is 47.9 Å². The van der Waals surface area contributed by atoms with Crippen molar-refractivity contribution in [2.24, 2.45) is 0 Å². The van der Waals surface area contributed by atoms with Crippen molar-refractivity contribution in [3.05, 3.63) is 24.3 Å². The molecule has 20 heteroatoms. The summed E-state index contributed by atoms with van der Waals surface area (Å²) in [6.07, 6.45) is 0.0440. The molecule has 10 amide bonds. The lowest BCUT2D eigenvalue weighted by molar-refractivity contribution is -0.166. The highest BCUT2D eigenvalue weighted by atomic mass is 16.6. The number of amides is 10. The second-order valence-electron chi connectivity index (χ2n) is 12.7. The van der Waals surface area contributed by atoms with E-state index < -0.39 is 123 Å². The third-order valence-corrected chi connectivity index (χ3v) is 6.27. The molecule has 0 bridgehead atoms. The van der Waals surface area contributed by atoms with E-state index in [2.05, 4.69) is 10.9 Å². The zero-order valence-electron chi connectivity index (χ0n) is 28.7. The number of hydrazine groups is 3. The van der Waals surface area contributed by atoms with E-state index in [0.29, 0.717) is 0 Å². The Labute approximate surface area is 287 Å². The van der Waals surface area contributed by atoms with E-state index in [4.69, 9.17) is 9.47 Å². The lowest BCUT2D eigenvalue weighted by atomic mass is 10.2. The Morgan fingerprint density at radius 3 is 1.12 bits per heavy atom. The first kappa shape index (κ1) is 40.4. The SMILES string of the molecule is CC(C)(C)OC(=O)NNC(=O)CCN(C(=O)CCN1C(=O)C=CC1=O)N(CCC(=O)NNC(=O)OC(C)(C)C)C(=O)CCN1C(=O)C=CC1=O. The molecule has 50 heavy (non-hydrogen) atoms. The van der Waals surface area contributed by atoms with Gasteiger partial charge >= 0.3 is 12.2 Å². The van der Waals surface area contributed by atoms with Crippen molar-refractivity contribution in [1.82, 2.24) is 41.5 Å². The van der Waals surface area contributed by atoms with E-state index in [-0.39, 0.29) is 0 Å². The van der Waals surface area contributed by atoms with Crippen molar-refractivity contribution < 1.29 is 57.4 Å². The van der Waals surface area contributed by atoms with Gasteiger partial charge in [0, 0.05) is 63.1 Å². The van der Waals surface area contributed by atoms with Crippen molar-refractivity contribution in [2.45, 2.75) is 78.4 Å². The maximum absolute atomic E-state index is 13.6. The monoisotopic (exact) mass is 706 g/mol. The third-order valence-electron chi connectivity index (χ3n) is 6.27. The Morgan fingerprint density at radius 1 is 0.540 bits per heavy atom. The van der Waals surface area contributed by atoms with Crippen LogP contribution in [-0.4, -0.2) is 117 Å². The van der Waals surface area contributed by atoms with E-state index >= 15 is 0 Å². The average Bonchev–Trinajstić information content (AvgIpc) is 3.50. The number of hydrogen-bond acceptors (Lipinski definition) is 12. The molecule has 0 spiro atoms. The minimum atomic E-state index is -0.976. The maximum atomic E-state index is 13.6. The first-order valence-electron chi connectivity index (χ1n) is 15.4. The summed E-state index contributed by atoms with van der Waals surface area (Å²) in [7, 11) is 0. The highest BCUT2D eigenvalue weighted by Crippen LogP contribution is 2.13. The minimum absolute atomic E-state index is 0.392. The first-order valence-corrected chi connectivity index (χ1v) is 15.4. The van der Waals surface area contributed by atoms with Crippen LogP contribution in [-0.2, 0) is 47.8 Å². The maximum Gasteiger partial charge on any atom is 0.426 e. The van der Waals surface area contributed by atoms with E-state index in [1.165, 1.54) is 0 Å². The fourth-order valence-electron chi connectivity index (χ4n) is 4.12. The number of ether oxygens (including phenoxy) is 2. The van der Waals surface area contributed by atoms with Crippen LogP contribution in [0.3, 0.4) is 0 Å². The molecule has 0 saturated heterocycles. The predicted molar refractivity (Wildman–Crippen MR) is 169 cm³/mol. The topological polar surface area (TPSA) is 250 Å². The third kappa shape index (κ3) is 13.7. The smallest absolute Gasteiger partial charge is 0.426 e. The van der Waals surface area contributed by atoms with Gasteiger partial charge in [0.25, 0.3) is 23.6 Å². The van der Waals surface area contributed by atoms with Gasteiger partial charge in [0.05, 0.1) is 13.1 Å². The van der Waals surface area contributed by atoms with Crippen LogP contribution in [0.4, 0.5) is 9.59 Å². The molecule has 0 aromatic rings. The fourth-order valence-corrected chi connectivity index (χ4v) is 4.12. The molecule has 20 nitrogen and oxygen atoms in total. The summed E-state index contributed by atoms with van der Waals surface area (Å²) in [4.78, 5) is 126. The summed E-state index contributed by atoms with van der Waals surface area (Å²) in [5.74, 6) is -6.05. The first-order chi connectivity index (χ1) is 23.2. The molecule has 0 saturated carbocycles. The van der Waals surface area contributed by atoms with Crippen LogP contribution >= 0.6 is 0 Å². The lowest BCUT2D eigenvalue weighted by Crippen LogP contribution is -2.54. The van der Waals surface area contributed by atoms with Crippen molar-refractivity contribution in [3.8, 4) is 0 Å². The van der Waals surface area contributed by atoms with Crippen molar-refractivity contribution in [3.63, 3.8) is 0 Å². The Kier molecular flexibility index (Phi) is 14.2. The highest BCUT2D eigenvalue weighted by molar-refractivity contribution is 6.13. The van der Waals surface area contributed by atoms with Gasteiger partial charge in [-0.25, -0.2) is 20.4 Å². The van der Waals surface area contributed by atoms with Crippen molar-refractivity contribution in [1.29, 1.82) is 0 Å². The Balaban J connectivity index is 2.26. The van der Waals surface area contributed by atoms with Gasteiger partial charge in [-0.1, -0.05) is 0 Å². The highest BCUT2D eigenvalue weighted by Gasteiger charge is 2.32. The number of carbonyl (C=O) groups is 10. The Morgan fingerprint density at radius 2 is 0.840 bits per heavy atom. The summed E-state index contributed by atoms with van der Waals surface area (Å²) in [6.45, 7) is 7.78. The molecule has 2 heterocycles. The summed E-state index contributed by atoms with van der Waals surface area (Å²) in [6, 6.07) is 0.